The molecule has 0 bridgehead atoms. The van der Waals surface area contributed by atoms with Gasteiger partial charge in [-0.15, -0.1) is 0 Å². The average Bonchev–Trinajstić information content (AvgIpc) is 2.51. The Hall–Kier alpha value is -2.77. The molecule has 0 aliphatic rings. The van der Waals surface area contributed by atoms with Crippen LogP contribution in [0.5, 0.6) is 0 Å². The van der Waals surface area contributed by atoms with E-state index < -0.39 is 54.4 Å². The SMILES string of the molecule is CC(C)[C@H](N)C(=O)O.N[C@@H](CC(=O)O)C(=O)O.N[C@@H](CCC(=O)O)C(=O)O. The fourth-order valence-electron chi connectivity index (χ4n) is 0.963. The average molecular weight is 397 g/mol. The molecule has 13 heteroatoms. The van der Waals surface area contributed by atoms with Crippen molar-refractivity contribution in [2.24, 2.45) is 23.1 Å². The van der Waals surface area contributed by atoms with Gasteiger partial charge in [-0.2, -0.15) is 0 Å². The Bertz CT molecular complexity index is 509. The molecule has 0 aliphatic carbocycles. The normalized spacial score (nSPS) is 13.0. The third-order valence-electron chi connectivity index (χ3n) is 2.70. The van der Waals surface area contributed by atoms with Crippen LogP contribution < -0.4 is 17.2 Å². The van der Waals surface area contributed by atoms with Crippen LogP contribution in [-0.4, -0.2) is 73.5 Å². The Kier molecular flexibility index (Phi) is 16.6. The maximum absolute atomic E-state index is 10.0. The van der Waals surface area contributed by atoms with Crippen LogP contribution in [0, 0.1) is 5.92 Å². The molecular weight excluding hydrogens is 370 g/mol. The van der Waals surface area contributed by atoms with Crippen LogP contribution >= 0.6 is 0 Å². The second-order valence-corrected chi connectivity index (χ2v) is 5.53. The van der Waals surface area contributed by atoms with E-state index in [0.29, 0.717) is 0 Å². The highest BCUT2D eigenvalue weighted by molar-refractivity contribution is 5.80. The summed E-state index contributed by atoms with van der Waals surface area (Å²) in [7, 11) is 0. The third kappa shape index (κ3) is 21.2. The Morgan fingerprint density at radius 2 is 1.11 bits per heavy atom. The summed E-state index contributed by atoms with van der Waals surface area (Å²) in [4.78, 5) is 49.5. The summed E-state index contributed by atoms with van der Waals surface area (Å²) < 4.78 is 0. The predicted octanol–water partition coefficient (Wildman–Crippen LogP) is -1.81. The number of hydrogen-bond acceptors (Lipinski definition) is 8. The lowest BCUT2D eigenvalue weighted by atomic mass is 10.1. The lowest BCUT2D eigenvalue weighted by molar-refractivity contribution is -0.144. The molecule has 0 saturated carbocycles. The monoisotopic (exact) mass is 397 g/mol. The van der Waals surface area contributed by atoms with Gasteiger partial charge in [-0.05, 0) is 12.3 Å². The molecule has 0 aromatic heterocycles. The molecule has 3 atom stereocenters. The smallest absolute Gasteiger partial charge is 0.321 e. The van der Waals surface area contributed by atoms with Crippen molar-refractivity contribution in [3.63, 3.8) is 0 Å². The van der Waals surface area contributed by atoms with E-state index in [0.717, 1.165) is 0 Å². The van der Waals surface area contributed by atoms with E-state index in [1.807, 2.05) is 0 Å². The first-order valence-electron chi connectivity index (χ1n) is 7.52. The molecule has 0 aromatic carbocycles. The standard InChI is InChI=1S/C5H9NO4.C5H11NO2.C4H7NO4/c6-3(5(9)10)1-2-4(7)8;1-3(2)4(6)5(7)8;5-2(4(8)9)1-3(6)7/h3H,1-2,6H2,(H,7,8)(H,9,10);3-4H,6H2,1-2H3,(H,7,8);2H,1,5H2,(H,6,7)(H,8,9)/t3-;4-;2-/m000/s1. The lowest BCUT2D eigenvalue weighted by Gasteiger charge is -2.07. The summed E-state index contributed by atoms with van der Waals surface area (Å²) in [6, 6.07) is -3.06. The van der Waals surface area contributed by atoms with E-state index in [-0.39, 0.29) is 18.8 Å². The van der Waals surface area contributed by atoms with Gasteiger partial charge < -0.3 is 42.7 Å². The number of carboxylic acids is 5. The van der Waals surface area contributed by atoms with E-state index in [1.165, 1.54) is 0 Å². The van der Waals surface area contributed by atoms with Gasteiger partial charge in [0.2, 0.25) is 0 Å². The fraction of sp³-hybridized carbons (Fsp3) is 0.643. The lowest BCUT2D eigenvalue weighted by Crippen LogP contribution is -2.34. The second kappa shape index (κ2) is 15.5. The zero-order chi connectivity index (χ0) is 22.3. The maximum Gasteiger partial charge on any atom is 0.321 e. The zero-order valence-electron chi connectivity index (χ0n) is 14.9. The van der Waals surface area contributed by atoms with Crippen LogP contribution in [0.3, 0.4) is 0 Å². The highest BCUT2D eigenvalue weighted by atomic mass is 16.4. The molecule has 0 radical (unpaired) electrons. The van der Waals surface area contributed by atoms with Crippen LogP contribution in [0.25, 0.3) is 0 Å². The summed E-state index contributed by atoms with van der Waals surface area (Å²) in [6.45, 7) is 3.55. The maximum atomic E-state index is 10.0. The van der Waals surface area contributed by atoms with Crippen molar-refractivity contribution in [3.05, 3.63) is 0 Å². The van der Waals surface area contributed by atoms with Crippen molar-refractivity contribution in [1.29, 1.82) is 0 Å². The van der Waals surface area contributed by atoms with Crippen LogP contribution in [-0.2, 0) is 24.0 Å². The largest absolute Gasteiger partial charge is 0.481 e. The number of rotatable bonds is 9. The molecular formula is C14H27N3O10. The van der Waals surface area contributed by atoms with Gasteiger partial charge in [-0.3, -0.25) is 24.0 Å². The fourth-order valence-corrected chi connectivity index (χ4v) is 0.963. The number of aliphatic carboxylic acids is 5. The van der Waals surface area contributed by atoms with Gasteiger partial charge in [0, 0.05) is 6.42 Å². The molecule has 27 heavy (non-hydrogen) atoms. The first kappa shape index (κ1) is 29.0. The topological polar surface area (TPSA) is 265 Å². The Balaban J connectivity index is -0.000000322. The minimum Gasteiger partial charge on any atom is -0.481 e. The van der Waals surface area contributed by atoms with Crippen LogP contribution in [0.2, 0.25) is 0 Å². The van der Waals surface area contributed by atoms with E-state index in [1.54, 1.807) is 13.8 Å². The molecule has 0 aromatic rings. The highest BCUT2D eigenvalue weighted by Crippen LogP contribution is 1.96. The molecule has 0 heterocycles. The molecule has 0 unspecified atom stereocenters. The van der Waals surface area contributed by atoms with Crippen LogP contribution in [0.4, 0.5) is 0 Å². The van der Waals surface area contributed by atoms with Crippen molar-refractivity contribution in [2.75, 3.05) is 0 Å². The first-order valence-corrected chi connectivity index (χ1v) is 7.52. The van der Waals surface area contributed by atoms with Gasteiger partial charge >= 0.3 is 29.8 Å². The number of hydrogen-bond donors (Lipinski definition) is 8. The van der Waals surface area contributed by atoms with E-state index in [2.05, 4.69) is 0 Å². The molecule has 0 fully saturated rings. The Morgan fingerprint density at radius 3 is 1.26 bits per heavy atom. The molecule has 11 N–H and O–H groups in total. The molecule has 158 valence electrons. The summed E-state index contributed by atoms with van der Waals surface area (Å²) in [5, 5.41) is 40.5. The van der Waals surface area contributed by atoms with Crippen molar-refractivity contribution in [1.82, 2.24) is 0 Å². The van der Waals surface area contributed by atoms with E-state index in [9.17, 15) is 24.0 Å². The number of nitrogens with two attached hydrogens (primary N) is 3. The quantitative estimate of drug-likeness (QED) is 0.213. The van der Waals surface area contributed by atoms with Gasteiger partial charge in [0.25, 0.3) is 0 Å². The molecule has 0 rings (SSSR count). The van der Waals surface area contributed by atoms with Gasteiger partial charge in [0.1, 0.15) is 18.1 Å². The van der Waals surface area contributed by atoms with Crippen molar-refractivity contribution >= 4 is 29.8 Å². The third-order valence-corrected chi connectivity index (χ3v) is 2.70. The van der Waals surface area contributed by atoms with Crippen molar-refractivity contribution in [2.45, 2.75) is 51.2 Å². The minimum atomic E-state index is -1.29. The van der Waals surface area contributed by atoms with Crippen LogP contribution in [0.1, 0.15) is 33.1 Å². The summed E-state index contributed by atoms with van der Waals surface area (Å²) >= 11 is 0. The van der Waals surface area contributed by atoms with Gasteiger partial charge in [-0.25, -0.2) is 0 Å². The summed E-state index contributed by atoms with van der Waals surface area (Å²) in [5.41, 5.74) is 15.0. The predicted molar refractivity (Wildman–Crippen MR) is 90.8 cm³/mol. The molecule has 0 aliphatic heterocycles. The number of carbonyl (C=O) groups is 5. The highest BCUT2D eigenvalue weighted by Gasteiger charge is 2.15. The molecule has 0 spiro atoms. The van der Waals surface area contributed by atoms with Crippen molar-refractivity contribution in [3.8, 4) is 0 Å². The first-order chi connectivity index (χ1) is 12.1. The van der Waals surface area contributed by atoms with Crippen LogP contribution in [0.15, 0.2) is 0 Å². The number of carboxylic acid groups (broad SMARTS) is 5. The van der Waals surface area contributed by atoms with Gasteiger partial charge in [-0.1, -0.05) is 13.8 Å². The van der Waals surface area contributed by atoms with E-state index >= 15 is 0 Å². The summed E-state index contributed by atoms with van der Waals surface area (Å²) in [5.74, 6) is -5.60. The van der Waals surface area contributed by atoms with Crippen molar-refractivity contribution < 1.29 is 49.5 Å². The van der Waals surface area contributed by atoms with Gasteiger partial charge in [0.15, 0.2) is 0 Å². The minimum absolute atomic E-state index is 0.0208. The molecule has 0 amide bonds. The Labute approximate surface area is 154 Å². The summed E-state index contributed by atoms with van der Waals surface area (Å²) in [6.07, 6.45) is -0.756. The van der Waals surface area contributed by atoms with Gasteiger partial charge in [0.05, 0.1) is 6.42 Å². The second-order valence-electron chi connectivity index (χ2n) is 5.53. The Morgan fingerprint density at radius 1 is 0.704 bits per heavy atom. The molecule has 0 saturated heterocycles. The zero-order valence-corrected chi connectivity index (χ0v) is 14.9. The molecule has 13 nitrogen and oxygen atoms in total. The van der Waals surface area contributed by atoms with E-state index in [4.69, 9.17) is 42.7 Å².